The van der Waals surface area contributed by atoms with Crippen molar-refractivity contribution in [2.24, 2.45) is 33.5 Å². The molecule has 0 aromatic carbocycles. The predicted molar refractivity (Wildman–Crippen MR) is 164 cm³/mol. The van der Waals surface area contributed by atoms with Crippen molar-refractivity contribution in [1.82, 2.24) is 10.6 Å². The van der Waals surface area contributed by atoms with Crippen LogP contribution in [0.4, 0.5) is 4.79 Å². The highest BCUT2D eigenvalue weighted by Crippen LogP contribution is 2.75. The Hall–Kier alpha value is -2.83. The molecule has 0 unspecified atom stereocenters. The van der Waals surface area contributed by atoms with E-state index >= 15 is 0 Å². The lowest BCUT2D eigenvalue weighted by Gasteiger charge is -2.70. The Morgan fingerprint density at radius 2 is 1.67 bits per heavy atom. The molecule has 7 heteroatoms. The molecular formula is C35H50N2O5. The van der Waals surface area contributed by atoms with Crippen molar-refractivity contribution in [1.29, 1.82) is 0 Å². The van der Waals surface area contributed by atoms with Gasteiger partial charge >= 0.3 is 12.0 Å². The van der Waals surface area contributed by atoms with E-state index in [-0.39, 0.29) is 45.2 Å². The molecule has 0 heterocycles. The van der Waals surface area contributed by atoms with Gasteiger partial charge in [-0.2, -0.15) is 0 Å². The van der Waals surface area contributed by atoms with Crippen LogP contribution in [0.1, 0.15) is 100 Å². The number of nitrogens with one attached hydrogen (secondary N) is 2. The Balaban J connectivity index is 1.46. The number of ketones is 1. The number of methoxy groups -OCH3 is 1. The van der Waals surface area contributed by atoms with Gasteiger partial charge in [0.2, 0.25) is 5.78 Å². The zero-order valence-electron chi connectivity index (χ0n) is 27.0. The fourth-order valence-corrected chi connectivity index (χ4v) is 9.65. The summed E-state index contributed by atoms with van der Waals surface area (Å²) in [6, 6.07) is -1.02. The molecule has 7 nitrogen and oxygen atoms in total. The van der Waals surface area contributed by atoms with Crippen LogP contribution < -0.4 is 10.6 Å². The SMILES string of the molecule is COC(=O)[C@@H](NC(=O)N[C@]1(C)CC[C@]2(C)CC[C@]3(C)C4=CC=C5C(=CC(=O)C(O)=C5C)[C@]4(C)CC[C@@]3(C)[C@@H]2C1)C(C)C. The summed E-state index contributed by atoms with van der Waals surface area (Å²) in [7, 11) is 1.35. The van der Waals surface area contributed by atoms with Crippen LogP contribution in [0.5, 0.6) is 0 Å². The summed E-state index contributed by atoms with van der Waals surface area (Å²) in [5.74, 6) is -0.578. The molecule has 3 fully saturated rings. The Kier molecular flexibility index (Phi) is 7.18. The van der Waals surface area contributed by atoms with Gasteiger partial charge in [-0.3, -0.25) is 4.79 Å². The van der Waals surface area contributed by atoms with Crippen molar-refractivity contribution in [3.05, 3.63) is 46.3 Å². The van der Waals surface area contributed by atoms with Gasteiger partial charge in [0.1, 0.15) is 6.04 Å². The van der Waals surface area contributed by atoms with Crippen LogP contribution >= 0.6 is 0 Å². The summed E-state index contributed by atoms with van der Waals surface area (Å²) in [6.45, 7) is 17.5. The number of hydrogen-bond acceptors (Lipinski definition) is 5. The third kappa shape index (κ3) is 4.31. The number of amides is 2. The highest BCUT2D eigenvalue weighted by atomic mass is 16.5. The van der Waals surface area contributed by atoms with Crippen molar-refractivity contribution in [2.45, 2.75) is 112 Å². The first-order chi connectivity index (χ1) is 19.4. The molecule has 42 heavy (non-hydrogen) atoms. The molecular weight excluding hydrogens is 528 g/mol. The molecule has 0 spiro atoms. The molecule has 3 N–H and O–H groups in total. The number of aliphatic hydroxyl groups is 1. The number of hydrogen-bond donors (Lipinski definition) is 3. The fraction of sp³-hybridized carbons (Fsp3) is 0.686. The van der Waals surface area contributed by atoms with Crippen LogP contribution in [-0.4, -0.2) is 41.6 Å². The van der Waals surface area contributed by atoms with Gasteiger partial charge in [0.15, 0.2) is 5.76 Å². The van der Waals surface area contributed by atoms with Crippen molar-refractivity contribution in [2.75, 3.05) is 7.11 Å². The fourth-order valence-electron chi connectivity index (χ4n) is 9.65. The lowest BCUT2D eigenvalue weighted by atomic mass is 9.35. The summed E-state index contributed by atoms with van der Waals surface area (Å²) in [5, 5.41) is 16.6. The van der Waals surface area contributed by atoms with E-state index in [1.165, 1.54) is 12.7 Å². The van der Waals surface area contributed by atoms with Crippen LogP contribution in [0.25, 0.3) is 0 Å². The first-order valence-electron chi connectivity index (χ1n) is 15.7. The normalized spacial score (nSPS) is 39.9. The highest BCUT2D eigenvalue weighted by molar-refractivity contribution is 6.06. The number of ether oxygens (including phenoxy) is 1. The first-order valence-corrected chi connectivity index (χ1v) is 15.7. The third-order valence-corrected chi connectivity index (χ3v) is 12.7. The van der Waals surface area contributed by atoms with Crippen LogP contribution in [0, 0.1) is 33.5 Å². The summed E-state index contributed by atoms with van der Waals surface area (Å²) < 4.78 is 4.93. The second kappa shape index (κ2) is 9.85. The van der Waals surface area contributed by atoms with Crippen LogP contribution in [0.3, 0.4) is 0 Å². The average Bonchev–Trinajstić information content (AvgIpc) is 2.92. The second-order valence-corrected chi connectivity index (χ2v) is 15.5. The molecule has 3 saturated carbocycles. The minimum absolute atomic E-state index is 0.00470. The van der Waals surface area contributed by atoms with Crippen molar-refractivity contribution in [3.63, 3.8) is 0 Å². The van der Waals surface area contributed by atoms with E-state index in [4.69, 9.17) is 4.74 Å². The monoisotopic (exact) mass is 578 g/mol. The molecule has 0 bridgehead atoms. The average molecular weight is 579 g/mol. The Bertz CT molecular complexity index is 1350. The molecule has 2 amide bonds. The number of carbonyl (C=O) groups is 3. The highest BCUT2D eigenvalue weighted by Gasteiger charge is 2.66. The molecule has 5 rings (SSSR count). The van der Waals surface area contributed by atoms with E-state index in [2.05, 4.69) is 57.4 Å². The lowest BCUT2D eigenvalue weighted by molar-refractivity contribution is -0.152. The van der Waals surface area contributed by atoms with Gasteiger partial charge in [-0.1, -0.05) is 59.3 Å². The van der Waals surface area contributed by atoms with Gasteiger partial charge in [-0.05, 0) is 104 Å². The minimum atomic E-state index is -0.698. The maximum Gasteiger partial charge on any atom is 0.328 e. The molecule has 5 aliphatic rings. The Morgan fingerprint density at radius 3 is 2.31 bits per heavy atom. The maximum absolute atomic E-state index is 13.3. The van der Waals surface area contributed by atoms with E-state index < -0.39 is 17.6 Å². The van der Waals surface area contributed by atoms with E-state index in [1.54, 1.807) is 6.08 Å². The summed E-state index contributed by atoms with van der Waals surface area (Å²) in [4.78, 5) is 38.3. The zero-order valence-corrected chi connectivity index (χ0v) is 27.0. The summed E-state index contributed by atoms with van der Waals surface area (Å²) >= 11 is 0. The first kappa shape index (κ1) is 30.6. The quantitative estimate of drug-likeness (QED) is 0.316. The lowest BCUT2D eigenvalue weighted by Crippen LogP contribution is -2.65. The van der Waals surface area contributed by atoms with Crippen molar-refractivity contribution >= 4 is 17.8 Å². The molecule has 0 radical (unpaired) electrons. The second-order valence-electron chi connectivity index (χ2n) is 15.5. The largest absolute Gasteiger partial charge is 0.504 e. The number of aliphatic hydroxyl groups excluding tert-OH is 1. The van der Waals surface area contributed by atoms with Crippen LogP contribution in [0.15, 0.2) is 46.3 Å². The number of carbonyl (C=O) groups excluding carboxylic acids is 3. The third-order valence-electron chi connectivity index (χ3n) is 12.7. The van der Waals surface area contributed by atoms with E-state index in [1.807, 2.05) is 20.8 Å². The van der Waals surface area contributed by atoms with Gasteiger partial charge in [0.05, 0.1) is 7.11 Å². The molecule has 0 aromatic heterocycles. The van der Waals surface area contributed by atoms with Gasteiger partial charge in [-0.15, -0.1) is 0 Å². The smallest absolute Gasteiger partial charge is 0.328 e. The minimum Gasteiger partial charge on any atom is -0.504 e. The van der Waals surface area contributed by atoms with E-state index in [0.717, 1.165) is 56.1 Å². The standard InChI is InChI=1S/C35H50N2O5/c1-20(2)27(29(40)42-9)36-30(41)37-32(5)14-12-31(4)13-16-34(7)25-11-10-22-21(3)28(39)24(38)18-23(22)33(25,6)15-17-35(34,8)26(31)19-32/h10-11,18,20,26-27,39H,12-17,19H2,1-9H3,(H2,36,37,41)/t26-,27+,31-,32-,33+,34-,35+/m1/s1. The van der Waals surface area contributed by atoms with Gasteiger partial charge in [-0.25, -0.2) is 9.59 Å². The number of fused-ring (bicyclic) bond motifs is 7. The zero-order chi connectivity index (χ0) is 31.0. The van der Waals surface area contributed by atoms with Crippen molar-refractivity contribution in [3.8, 4) is 0 Å². The molecule has 0 saturated heterocycles. The number of allylic oxidation sites excluding steroid dienone is 7. The van der Waals surface area contributed by atoms with Gasteiger partial charge in [0, 0.05) is 16.5 Å². The van der Waals surface area contributed by atoms with Crippen LogP contribution in [-0.2, 0) is 14.3 Å². The van der Waals surface area contributed by atoms with E-state index in [0.29, 0.717) is 11.5 Å². The Morgan fingerprint density at radius 1 is 1.00 bits per heavy atom. The summed E-state index contributed by atoms with van der Waals surface area (Å²) in [5.41, 5.74) is 3.53. The predicted octanol–water partition coefficient (Wildman–Crippen LogP) is 6.86. The summed E-state index contributed by atoms with van der Waals surface area (Å²) in [6.07, 6.45) is 13.0. The number of urea groups is 1. The van der Waals surface area contributed by atoms with Gasteiger partial charge in [0.25, 0.3) is 0 Å². The molecule has 0 aliphatic heterocycles. The molecule has 230 valence electrons. The molecule has 7 atom stereocenters. The van der Waals surface area contributed by atoms with Gasteiger partial charge < -0.3 is 20.5 Å². The maximum atomic E-state index is 13.3. The number of esters is 1. The van der Waals surface area contributed by atoms with Crippen LogP contribution in [0.2, 0.25) is 0 Å². The van der Waals surface area contributed by atoms with E-state index in [9.17, 15) is 19.5 Å². The molecule has 5 aliphatic carbocycles. The topological polar surface area (TPSA) is 105 Å². The van der Waals surface area contributed by atoms with Crippen molar-refractivity contribution < 1.29 is 24.2 Å². The Labute approximate surface area is 251 Å². The molecule has 0 aromatic rings. The number of rotatable bonds is 4.